The maximum atomic E-state index is 8.29. The molecule has 0 aliphatic carbocycles. The van der Waals surface area contributed by atoms with Gasteiger partial charge in [0.25, 0.3) is 0 Å². The molecule has 84 valence electrons. The summed E-state index contributed by atoms with van der Waals surface area (Å²) in [6, 6.07) is 18.6. The number of hydrogen-bond acceptors (Lipinski definition) is 3. The standard InChI is InChI=1S/C13H9N.O2S/c1-3-7-12-10(5-1)9-11-6-2-4-8-13(11)14-12;1-3-2/h1-9H;. The van der Waals surface area contributed by atoms with Gasteiger partial charge in [0, 0.05) is 10.8 Å². The first-order valence-electron chi connectivity index (χ1n) is 5.01. The highest BCUT2D eigenvalue weighted by Crippen LogP contribution is 2.18. The molecule has 0 bridgehead atoms. The van der Waals surface area contributed by atoms with Crippen LogP contribution in [0.1, 0.15) is 0 Å². The summed E-state index contributed by atoms with van der Waals surface area (Å²) in [4.78, 5) is 4.58. The monoisotopic (exact) mass is 243 g/mol. The number of fused-ring (bicyclic) bond motifs is 2. The fourth-order valence-corrected chi connectivity index (χ4v) is 1.72. The smallest absolute Gasteiger partial charge is 0.248 e. The lowest BCUT2D eigenvalue weighted by Gasteiger charge is -1.99. The Kier molecular flexibility index (Phi) is 3.57. The van der Waals surface area contributed by atoms with E-state index in [9.17, 15) is 0 Å². The van der Waals surface area contributed by atoms with Crippen LogP contribution >= 0.6 is 0 Å². The first-order valence-corrected chi connectivity index (χ1v) is 5.68. The van der Waals surface area contributed by atoms with Crippen molar-refractivity contribution < 1.29 is 8.42 Å². The molecule has 2 aromatic carbocycles. The van der Waals surface area contributed by atoms with Gasteiger partial charge in [0.15, 0.2) is 0 Å². The molecule has 0 unspecified atom stereocenters. The van der Waals surface area contributed by atoms with E-state index in [1.807, 2.05) is 36.4 Å². The van der Waals surface area contributed by atoms with Crippen molar-refractivity contribution in [1.29, 1.82) is 0 Å². The zero-order chi connectivity index (χ0) is 12.1. The van der Waals surface area contributed by atoms with Crippen molar-refractivity contribution in [3.05, 3.63) is 54.6 Å². The van der Waals surface area contributed by atoms with Crippen LogP contribution < -0.4 is 0 Å². The van der Waals surface area contributed by atoms with Crippen LogP contribution in [0, 0.1) is 0 Å². The van der Waals surface area contributed by atoms with E-state index >= 15 is 0 Å². The summed E-state index contributed by atoms with van der Waals surface area (Å²) >= 11 is -0.750. The van der Waals surface area contributed by atoms with E-state index in [-0.39, 0.29) is 0 Å². The van der Waals surface area contributed by atoms with Crippen LogP contribution in [0.2, 0.25) is 0 Å². The van der Waals surface area contributed by atoms with Gasteiger partial charge in [0.1, 0.15) is 0 Å². The lowest BCUT2D eigenvalue weighted by atomic mass is 10.1. The van der Waals surface area contributed by atoms with E-state index in [4.69, 9.17) is 8.42 Å². The van der Waals surface area contributed by atoms with E-state index in [0.29, 0.717) is 0 Å². The van der Waals surface area contributed by atoms with Gasteiger partial charge < -0.3 is 0 Å². The predicted octanol–water partition coefficient (Wildman–Crippen LogP) is 2.72. The number of hydrogen-bond donors (Lipinski definition) is 0. The third-order valence-electron chi connectivity index (χ3n) is 2.43. The van der Waals surface area contributed by atoms with Gasteiger partial charge in [0.05, 0.1) is 11.0 Å². The molecule has 0 fully saturated rings. The summed E-state index contributed by atoms with van der Waals surface area (Å²) in [7, 11) is 0. The van der Waals surface area contributed by atoms with E-state index in [0.717, 1.165) is 11.0 Å². The molecule has 1 aromatic heterocycles. The highest BCUT2D eigenvalue weighted by atomic mass is 32.1. The Hall–Kier alpha value is -2.07. The molecule has 0 spiro atoms. The highest BCUT2D eigenvalue weighted by molar-refractivity contribution is 7.51. The van der Waals surface area contributed by atoms with Crippen molar-refractivity contribution in [2.45, 2.75) is 0 Å². The van der Waals surface area contributed by atoms with E-state index in [2.05, 4.69) is 23.2 Å². The molecule has 0 saturated carbocycles. The van der Waals surface area contributed by atoms with Gasteiger partial charge in [-0.25, -0.2) is 4.98 Å². The molecule has 0 amide bonds. The molecular weight excluding hydrogens is 234 g/mol. The second kappa shape index (κ2) is 5.32. The van der Waals surface area contributed by atoms with E-state index < -0.39 is 11.6 Å². The topological polar surface area (TPSA) is 47.0 Å². The van der Waals surface area contributed by atoms with Crippen LogP contribution in [0.3, 0.4) is 0 Å². The van der Waals surface area contributed by atoms with Crippen molar-refractivity contribution in [3.63, 3.8) is 0 Å². The van der Waals surface area contributed by atoms with Crippen LogP contribution in [0.15, 0.2) is 54.6 Å². The first-order chi connectivity index (χ1) is 8.35. The number of aromatic nitrogens is 1. The number of rotatable bonds is 0. The average molecular weight is 243 g/mol. The fourth-order valence-electron chi connectivity index (χ4n) is 1.72. The Labute approximate surface area is 102 Å². The SMILES string of the molecule is O=S=O.c1ccc2nc3ccccc3cc2c1. The summed E-state index contributed by atoms with van der Waals surface area (Å²) in [5.74, 6) is 0. The summed E-state index contributed by atoms with van der Waals surface area (Å²) in [5.41, 5.74) is 2.12. The van der Waals surface area contributed by atoms with Gasteiger partial charge in [0.2, 0.25) is 0 Å². The van der Waals surface area contributed by atoms with Gasteiger partial charge in [-0.1, -0.05) is 36.4 Å². The van der Waals surface area contributed by atoms with Crippen molar-refractivity contribution in [2.24, 2.45) is 0 Å². The van der Waals surface area contributed by atoms with Crippen LogP contribution in [0.25, 0.3) is 21.8 Å². The Bertz CT molecular complexity index is 586. The molecular formula is C13H9NO2S. The molecule has 0 saturated heterocycles. The molecule has 3 aromatic rings. The average Bonchev–Trinajstić information content (AvgIpc) is 2.37. The van der Waals surface area contributed by atoms with Gasteiger partial charge >= 0.3 is 11.6 Å². The third-order valence-corrected chi connectivity index (χ3v) is 2.43. The first kappa shape index (κ1) is 11.4. The van der Waals surface area contributed by atoms with E-state index in [1.165, 1.54) is 10.8 Å². The number of para-hydroxylation sites is 2. The molecule has 0 radical (unpaired) electrons. The lowest BCUT2D eigenvalue weighted by Crippen LogP contribution is -1.80. The Morgan fingerprint density at radius 3 is 1.65 bits per heavy atom. The molecule has 1 heterocycles. The molecule has 3 nitrogen and oxygen atoms in total. The number of benzene rings is 2. The second-order valence-electron chi connectivity index (χ2n) is 3.44. The highest BCUT2D eigenvalue weighted by Gasteiger charge is 1.96. The zero-order valence-corrected chi connectivity index (χ0v) is 9.68. The van der Waals surface area contributed by atoms with Crippen molar-refractivity contribution in [3.8, 4) is 0 Å². The molecule has 0 atom stereocenters. The van der Waals surface area contributed by atoms with Gasteiger partial charge in [-0.2, -0.15) is 8.42 Å². The number of nitrogens with zero attached hydrogens (tertiary/aromatic N) is 1. The third kappa shape index (κ3) is 2.54. The largest absolute Gasteiger partial charge is 0.335 e. The quantitative estimate of drug-likeness (QED) is 0.570. The minimum Gasteiger partial charge on any atom is -0.248 e. The minimum atomic E-state index is -0.750. The minimum absolute atomic E-state index is 0.750. The van der Waals surface area contributed by atoms with Crippen LogP contribution in [-0.4, -0.2) is 13.4 Å². The summed E-state index contributed by atoms with van der Waals surface area (Å²) in [6.45, 7) is 0. The van der Waals surface area contributed by atoms with Crippen molar-refractivity contribution >= 4 is 33.4 Å². The van der Waals surface area contributed by atoms with Gasteiger partial charge in [-0.15, -0.1) is 0 Å². The maximum Gasteiger partial charge on any atom is 0.335 e. The van der Waals surface area contributed by atoms with Crippen LogP contribution in [-0.2, 0) is 11.6 Å². The second-order valence-corrected chi connectivity index (χ2v) is 3.58. The van der Waals surface area contributed by atoms with Crippen molar-refractivity contribution in [1.82, 2.24) is 4.98 Å². The Balaban J connectivity index is 0.000000329. The molecule has 0 aliphatic heterocycles. The predicted molar refractivity (Wildman–Crippen MR) is 68.2 cm³/mol. The molecule has 4 heteroatoms. The normalized spacial score (nSPS) is 9.65. The number of pyridine rings is 1. The fraction of sp³-hybridized carbons (Fsp3) is 0. The van der Waals surface area contributed by atoms with Crippen LogP contribution in [0.4, 0.5) is 0 Å². The summed E-state index contributed by atoms with van der Waals surface area (Å²) < 4.78 is 16.6. The molecule has 0 N–H and O–H groups in total. The van der Waals surface area contributed by atoms with E-state index in [1.54, 1.807) is 0 Å². The zero-order valence-electron chi connectivity index (χ0n) is 8.87. The van der Waals surface area contributed by atoms with Gasteiger partial charge in [-0.3, -0.25) is 0 Å². The Morgan fingerprint density at radius 1 is 0.765 bits per heavy atom. The molecule has 3 rings (SSSR count). The van der Waals surface area contributed by atoms with Crippen LogP contribution in [0.5, 0.6) is 0 Å². The molecule has 17 heavy (non-hydrogen) atoms. The van der Waals surface area contributed by atoms with Crippen molar-refractivity contribution in [2.75, 3.05) is 0 Å². The van der Waals surface area contributed by atoms with Gasteiger partial charge in [-0.05, 0) is 18.2 Å². The Morgan fingerprint density at radius 2 is 1.18 bits per heavy atom. The lowest BCUT2D eigenvalue weighted by molar-refractivity contribution is 0.630. The summed E-state index contributed by atoms with van der Waals surface area (Å²) in [6.07, 6.45) is 0. The maximum absolute atomic E-state index is 8.29. The summed E-state index contributed by atoms with van der Waals surface area (Å²) in [5, 5.41) is 2.40. The molecule has 0 aliphatic rings.